The molecule has 0 unspecified atom stereocenters. The van der Waals surface area contributed by atoms with Crippen LogP contribution in [-0.2, 0) is 23.5 Å². The number of hydrogen-bond donors (Lipinski definition) is 3. The van der Waals surface area contributed by atoms with Crippen molar-refractivity contribution < 1.29 is 8.42 Å². The molecule has 0 atom stereocenters. The highest BCUT2D eigenvalue weighted by molar-refractivity contribution is 7.92. The van der Waals surface area contributed by atoms with Crippen molar-refractivity contribution in [2.75, 3.05) is 10.5 Å². The summed E-state index contributed by atoms with van der Waals surface area (Å²) in [6.45, 7) is 1.90. The molecule has 98 valence electrons. The molecule has 0 spiro atoms. The molecule has 0 amide bonds. The highest BCUT2D eigenvalue weighted by Crippen LogP contribution is 2.21. The van der Waals surface area contributed by atoms with Gasteiger partial charge in [-0.1, -0.05) is 6.92 Å². The van der Waals surface area contributed by atoms with Crippen LogP contribution < -0.4 is 10.5 Å². The topological polar surface area (TPSA) is 119 Å². The number of anilines is 2. The maximum Gasteiger partial charge on any atom is 0.267 e. The van der Waals surface area contributed by atoms with Crippen molar-refractivity contribution in [2.45, 2.75) is 18.2 Å². The molecule has 0 bridgehead atoms. The lowest BCUT2D eigenvalue weighted by atomic mass is 10.3. The quantitative estimate of drug-likeness (QED) is 0.727. The van der Waals surface area contributed by atoms with Crippen LogP contribution in [0.25, 0.3) is 0 Å². The Hall–Kier alpha value is -2.03. The van der Waals surface area contributed by atoms with Crippen molar-refractivity contribution in [3.8, 4) is 0 Å². The van der Waals surface area contributed by atoms with E-state index in [1.165, 1.54) is 6.20 Å². The summed E-state index contributed by atoms with van der Waals surface area (Å²) >= 11 is 0. The third kappa shape index (κ3) is 2.16. The Bertz CT molecular complexity index is 656. The van der Waals surface area contributed by atoms with Crippen LogP contribution in [0.15, 0.2) is 17.3 Å². The lowest BCUT2D eigenvalue weighted by Gasteiger charge is -2.05. The first-order valence-electron chi connectivity index (χ1n) is 5.28. The van der Waals surface area contributed by atoms with E-state index in [1.54, 1.807) is 17.9 Å². The SMILES string of the molecule is CCc1nn(C)cc1NS(=O)(=O)c1cn[nH]c1N. The molecular weight excluding hydrogens is 256 g/mol. The molecule has 9 heteroatoms. The van der Waals surface area contributed by atoms with Gasteiger partial charge in [-0.05, 0) is 6.42 Å². The van der Waals surface area contributed by atoms with Gasteiger partial charge in [0, 0.05) is 13.2 Å². The summed E-state index contributed by atoms with van der Waals surface area (Å²) in [6, 6.07) is 0. The lowest BCUT2D eigenvalue weighted by molar-refractivity contribution is 0.601. The van der Waals surface area contributed by atoms with Gasteiger partial charge in [0.25, 0.3) is 10.0 Å². The van der Waals surface area contributed by atoms with Crippen LogP contribution in [0.3, 0.4) is 0 Å². The summed E-state index contributed by atoms with van der Waals surface area (Å²) in [6.07, 6.45) is 3.39. The van der Waals surface area contributed by atoms with Gasteiger partial charge < -0.3 is 5.73 Å². The predicted molar refractivity (Wildman–Crippen MR) is 66.4 cm³/mol. The fourth-order valence-corrected chi connectivity index (χ4v) is 2.68. The number of nitrogens with zero attached hydrogens (tertiary/aromatic N) is 3. The van der Waals surface area contributed by atoms with E-state index in [9.17, 15) is 8.42 Å². The summed E-state index contributed by atoms with van der Waals surface area (Å²) in [4.78, 5) is -0.0755. The Balaban J connectivity index is 2.36. The van der Waals surface area contributed by atoms with E-state index in [-0.39, 0.29) is 10.7 Å². The van der Waals surface area contributed by atoms with Crippen molar-refractivity contribution >= 4 is 21.5 Å². The molecule has 4 N–H and O–H groups in total. The van der Waals surface area contributed by atoms with Gasteiger partial charge in [-0.3, -0.25) is 14.5 Å². The van der Waals surface area contributed by atoms with Gasteiger partial charge >= 0.3 is 0 Å². The maximum absolute atomic E-state index is 12.1. The van der Waals surface area contributed by atoms with Crippen LogP contribution in [0.5, 0.6) is 0 Å². The number of nitrogens with one attached hydrogen (secondary N) is 2. The second-order valence-corrected chi connectivity index (χ2v) is 5.42. The molecule has 0 saturated heterocycles. The first-order chi connectivity index (χ1) is 8.44. The molecule has 0 fully saturated rings. The second kappa shape index (κ2) is 4.33. The third-order valence-corrected chi connectivity index (χ3v) is 3.80. The smallest absolute Gasteiger partial charge is 0.267 e. The summed E-state index contributed by atoms with van der Waals surface area (Å²) in [7, 11) is -2.02. The Kier molecular flexibility index (Phi) is 2.99. The minimum atomic E-state index is -3.74. The molecule has 2 aromatic rings. The Morgan fingerprint density at radius 1 is 1.56 bits per heavy atom. The minimum absolute atomic E-state index is 0.00411. The molecule has 0 aromatic carbocycles. The van der Waals surface area contributed by atoms with Crippen molar-refractivity contribution in [1.29, 1.82) is 0 Å². The van der Waals surface area contributed by atoms with Crippen molar-refractivity contribution in [2.24, 2.45) is 7.05 Å². The van der Waals surface area contributed by atoms with Gasteiger partial charge in [-0.25, -0.2) is 8.42 Å². The fraction of sp³-hybridized carbons (Fsp3) is 0.333. The Morgan fingerprint density at radius 2 is 2.28 bits per heavy atom. The van der Waals surface area contributed by atoms with E-state index in [0.717, 1.165) is 0 Å². The lowest BCUT2D eigenvalue weighted by Crippen LogP contribution is -2.14. The van der Waals surface area contributed by atoms with Crippen LogP contribution in [0.4, 0.5) is 11.5 Å². The monoisotopic (exact) mass is 270 g/mol. The van der Waals surface area contributed by atoms with E-state index in [2.05, 4.69) is 20.0 Å². The maximum atomic E-state index is 12.1. The second-order valence-electron chi connectivity index (χ2n) is 3.77. The van der Waals surface area contributed by atoms with Gasteiger partial charge in [-0.15, -0.1) is 0 Å². The van der Waals surface area contributed by atoms with E-state index < -0.39 is 10.0 Å². The van der Waals surface area contributed by atoms with Crippen LogP contribution >= 0.6 is 0 Å². The number of nitrogens with two attached hydrogens (primary N) is 1. The van der Waals surface area contributed by atoms with Crippen molar-refractivity contribution in [3.05, 3.63) is 18.1 Å². The standard InChI is InChI=1S/C9H14N6O2S/c1-3-6-7(5-15(2)13-6)14-18(16,17)8-4-11-12-9(8)10/h4-5,14H,3H2,1-2H3,(H3,10,11,12). The van der Waals surface area contributed by atoms with E-state index in [0.29, 0.717) is 17.8 Å². The van der Waals surface area contributed by atoms with Gasteiger partial charge in [0.15, 0.2) is 0 Å². The molecule has 2 aromatic heterocycles. The predicted octanol–water partition coefficient (Wildman–Crippen LogP) is 0.0886. The molecule has 0 aliphatic rings. The zero-order chi connectivity index (χ0) is 13.3. The average molecular weight is 270 g/mol. The third-order valence-electron chi connectivity index (χ3n) is 2.41. The summed E-state index contributed by atoms with van der Waals surface area (Å²) < 4.78 is 28.1. The van der Waals surface area contributed by atoms with Crippen LogP contribution in [-0.4, -0.2) is 28.4 Å². The summed E-state index contributed by atoms with van der Waals surface area (Å²) in [5.74, 6) is 0.00411. The number of aromatic amines is 1. The number of H-pyrrole nitrogens is 1. The normalized spacial score (nSPS) is 11.7. The number of nitrogen functional groups attached to an aromatic ring is 1. The summed E-state index contributed by atoms with van der Waals surface area (Å²) in [5.41, 5.74) is 6.61. The largest absolute Gasteiger partial charge is 0.383 e. The van der Waals surface area contributed by atoms with Gasteiger partial charge in [0.05, 0.1) is 17.6 Å². The fourth-order valence-electron chi connectivity index (χ4n) is 1.58. The molecule has 8 nitrogen and oxygen atoms in total. The first kappa shape index (κ1) is 12.4. The van der Waals surface area contributed by atoms with Crippen LogP contribution in [0.1, 0.15) is 12.6 Å². The van der Waals surface area contributed by atoms with Crippen molar-refractivity contribution in [1.82, 2.24) is 20.0 Å². The van der Waals surface area contributed by atoms with Gasteiger partial charge in [0.1, 0.15) is 10.7 Å². The van der Waals surface area contributed by atoms with E-state index in [4.69, 9.17) is 5.73 Å². The molecule has 2 heterocycles. The van der Waals surface area contributed by atoms with Gasteiger partial charge in [0.2, 0.25) is 0 Å². The number of hydrogen-bond acceptors (Lipinski definition) is 5. The minimum Gasteiger partial charge on any atom is -0.383 e. The summed E-state index contributed by atoms with van der Waals surface area (Å²) in [5, 5.41) is 10.1. The number of rotatable bonds is 4. The average Bonchev–Trinajstić information content (AvgIpc) is 2.84. The van der Waals surface area contributed by atoms with E-state index in [1.807, 2.05) is 6.92 Å². The molecule has 18 heavy (non-hydrogen) atoms. The zero-order valence-corrected chi connectivity index (χ0v) is 10.8. The Morgan fingerprint density at radius 3 is 2.83 bits per heavy atom. The van der Waals surface area contributed by atoms with Crippen molar-refractivity contribution in [3.63, 3.8) is 0 Å². The first-order valence-corrected chi connectivity index (χ1v) is 6.76. The van der Waals surface area contributed by atoms with Crippen LogP contribution in [0.2, 0.25) is 0 Å². The van der Waals surface area contributed by atoms with Crippen LogP contribution in [0, 0.1) is 0 Å². The molecule has 0 aliphatic carbocycles. The van der Waals surface area contributed by atoms with E-state index >= 15 is 0 Å². The number of aryl methyl sites for hydroxylation is 2. The molecule has 0 saturated carbocycles. The molecular formula is C9H14N6O2S. The molecule has 0 aliphatic heterocycles. The molecule has 0 radical (unpaired) electrons. The molecule has 2 rings (SSSR count). The highest BCUT2D eigenvalue weighted by Gasteiger charge is 2.21. The van der Waals surface area contributed by atoms with Gasteiger partial charge in [-0.2, -0.15) is 10.2 Å². The number of aromatic nitrogens is 4. The zero-order valence-electron chi connectivity index (χ0n) is 10.0. The Labute approximate surface area is 104 Å². The number of sulfonamides is 1. The highest BCUT2D eigenvalue weighted by atomic mass is 32.2.